The molecule has 0 unspecified atom stereocenters. The Morgan fingerprint density at radius 3 is 2.74 bits per heavy atom. The van der Waals surface area contributed by atoms with Crippen molar-refractivity contribution in [1.29, 1.82) is 0 Å². The first-order valence-electron chi connectivity index (χ1n) is 6.64. The zero-order valence-corrected chi connectivity index (χ0v) is 13.0. The van der Waals surface area contributed by atoms with Gasteiger partial charge in [0.1, 0.15) is 5.82 Å². The maximum atomic E-state index is 13.8. The van der Waals surface area contributed by atoms with Crippen LogP contribution in [-0.2, 0) is 0 Å². The Morgan fingerprint density at radius 2 is 2.05 bits per heavy atom. The highest BCUT2D eigenvalue weighted by Gasteiger charge is 2.27. The third-order valence-corrected chi connectivity index (χ3v) is 4.46. The van der Waals surface area contributed by atoms with Gasteiger partial charge in [-0.2, -0.15) is 0 Å². The van der Waals surface area contributed by atoms with E-state index >= 15 is 0 Å². The summed E-state index contributed by atoms with van der Waals surface area (Å²) < 4.78 is 14.4. The molecule has 1 amide bonds. The number of nitrogens with zero attached hydrogens (tertiary/aromatic N) is 1. The lowest BCUT2D eigenvalue weighted by Gasteiger charge is -2.23. The summed E-state index contributed by atoms with van der Waals surface area (Å²) in [6, 6.07) is 4.64. The molecule has 1 aliphatic rings. The van der Waals surface area contributed by atoms with Crippen molar-refractivity contribution in [2.24, 2.45) is 5.41 Å². The average Bonchev–Trinajstić information content (AvgIpc) is 2.50. The van der Waals surface area contributed by atoms with E-state index < -0.39 is 5.82 Å². The summed E-state index contributed by atoms with van der Waals surface area (Å²) in [6.45, 7) is 5.86. The summed E-state index contributed by atoms with van der Waals surface area (Å²) in [6.07, 6.45) is 3.05. The van der Waals surface area contributed by atoms with Crippen molar-refractivity contribution in [2.45, 2.75) is 33.1 Å². The SMILES string of the molecule is CC1(C)CCCN(C(=O)c2c(F)cccc2Br)CC1. The highest BCUT2D eigenvalue weighted by Crippen LogP contribution is 2.31. The molecule has 1 saturated heterocycles. The molecule has 19 heavy (non-hydrogen) atoms. The minimum absolute atomic E-state index is 0.155. The van der Waals surface area contributed by atoms with Crippen LogP contribution in [0.3, 0.4) is 0 Å². The molecule has 0 bridgehead atoms. The van der Waals surface area contributed by atoms with E-state index in [1.165, 1.54) is 6.07 Å². The maximum Gasteiger partial charge on any atom is 0.257 e. The van der Waals surface area contributed by atoms with Gasteiger partial charge in [0, 0.05) is 17.6 Å². The predicted molar refractivity (Wildman–Crippen MR) is 77.6 cm³/mol. The highest BCUT2D eigenvalue weighted by molar-refractivity contribution is 9.10. The Balaban J connectivity index is 2.20. The van der Waals surface area contributed by atoms with Crippen LogP contribution in [0.4, 0.5) is 4.39 Å². The van der Waals surface area contributed by atoms with E-state index in [4.69, 9.17) is 0 Å². The van der Waals surface area contributed by atoms with Crippen LogP contribution >= 0.6 is 15.9 Å². The molecule has 104 valence electrons. The molecule has 1 aliphatic heterocycles. The summed E-state index contributed by atoms with van der Waals surface area (Å²) in [4.78, 5) is 14.2. The Morgan fingerprint density at radius 1 is 1.32 bits per heavy atom. The van der Waals surface area contributed by atoms with Gasteiger partial charge in [-0.1, -0.05) is 19.9 Å². The van der Waals surface area contributed by atoms with Crippen molar-refractivity contribution < 1.29 is 9.18 Å². The molecule has 2 rings (SSSR count). The fourth-order valence-corrected chi connectivity index (χ4v) is 3.00. The molecule has 1 fully saturated rings. The Bertz CT molecular complexity index is 467. The fraction of sp³-hybridized carbons (Fsp3) is 0.533. The zero-order chi connectivity index (χ0) is 14.0. The van der Waals surface area contributed by atoms with Gasteiger partial charge in [-0.25, -0.2) is 4.39 Å². The lowest BCUT2D eigenvalue weighted by molar-refractivity contribution is 0.0751. The Labute approximate surface area is 122 Å². The highest BCUT2D eigenvalue weighted by atomic mass is 79.9. The third-order valence-electron chi connectivity index (χ3n) is 3.80. The minimum atomic E-state index is -0.456. The predicted octanol–water partition coefficient (Wildman–Crippen LogP) is 4.24. The van der Waals surface area contributed by atoms with Crippen LogP contribution in [0, 0.1) is 11.2 Å². The molecule has 0 atom stereocenters. The van der Waals surface area contributed by atoms with E-state index in [9.17, 15) is 9.18 Å². The number of hydrogen-bond donors (Lipinski definition) is 0. The van der Waals surface area contributed by atoms with Crippen LogP contribution in [0.1, 0.15) is 43.5 Å². The second-order valence-corrected chi connectivity index (χ2v) is 6.76. The van der Waals surface area contributed by atoms with E-state index in [-0.39, 0.29) is 16.9 Å². The second-order valence-electron chi connectivity index (χ2n) is 5.91. The monoisotopic (exact) mass is 327 g/mol. The van der Waals surface area contributed by atoms with Gasteiger partial charge in [-0.3, -0.25) is 4.79 Å². The number of carbonyl (C=O) groups is 1. The molecular weight excluding hydrogens is 309 g/mol. The van der Waals surface area contributed by atoms with Gasteiger partial charge in [0.2, 0.25) is 0 Å². The molecule has 4 heteroatoms. The van der Waals surface area contributed by atoms with Crippen molar-refractivity contribution in [3.8, 4) is 0 Å². The van der Waals surface area contributed by atoms with Gasteiger partial charge in [0.05, 0.1) is 5.56 Å². The molecule has 0 aliphatic carbocycles. The van der Waals surface area contributed by atoms with Crippen LogP contribution in [0.15, 0.2) is 22.7 Å². The second kappa shape index (κ2) is 5.61. The standard InChI is InChI=1S/C15H19BrFNO/c1-15(2)7-4-9-18(10-8-15)14(19)13-11(16)5-3-6-12(13)17/h3,5-6H,4,7-10H2,1-2H3. The van der Waals surface area contributed by atoms with Gasteiger partial charge < -0.3 is 4.90 Å². The van der Waals surface area contributed by atoms with Crippen LogP contribution in [0.2, 0.25) is 0 Å². The average molecular weight is 328 g/mol. The molecule has 0 N–H and O–H groups in total. The van der Waals surface area contributed by atoms with Gasteiger partial charge in [0.25, 0.3) is 5.91 Å². The lowest BCUT2D eigenvalue weighted by atomic mass is 9.85. The molecule has 0 aromatic heterocycles. The smallest absolute Gasteiger partial charge is 0.257 e. The Kier molecular flexibility index (Phi) is 4.29. The first-order chi connectivity index (χ1) is 8.91. The third kappa shape index (κ3) is 3.35. The van der Waals surface area contributed by atoms with E-state index in [0.717, 1.165) is 19.3 Å². The van der Waals surface area contributed by atoms with Crippen LogP contribution in [0.5, 0.6) is 0 Å². The molecular formula is C15H19BrFNO. The van der Waals surface area contributed by atoms with Crippen molar-refractivity contribution >= 4 is 21.8 Å². The van der Waals surface area contributed by atoms with E-state index in [0.29, 0.717) is 17.6 Å². The normalized spacial score (nSPS) is 19.1. The molecule has 1 aromatic rings. The van der Waals surface area contributed by atoms with Gasteiger partial charge >= 0.3 is 0 Å². The number of hydrogen-bond acceptors (Lipinski definition) is 1. The van der Waals surface area contributed by atoms with Crippen molar-refractivity contribution in [3.05, 3.63) is 34.1 Å². The number of halogens is 2. The van der Waals surface area contributed by atoms with Crippen LogP contribution in [0.25, 0.3) is 0 Å². The number of carbonyl (C=O) groups excluding carboxylic acids is 1. The van der Waals surface area contributed by atoms with E-state index in [1.54, 1.807) is 17.0 Å². The van der Waals surface area contributed by atoms with E-state index in [2.05, 4.69) is 29.8 Å². The number of likely N-dealkylation sites (tertiary alicyclic amines) is 1. The molecule has 0 spiro atoms. The van der Waals surface area contributed by atoms with Gasteiger partial charge in [-0.15, -0.1) is 0 Å². The fourth-order valence-electron chi connectivity index (χ4n) is 2.49. The summed E-state index contributed by atoms with van der Waals surface area (Å²) in [5, 5.41) is 0. The topological polar surface area (TPSA) is 20.3 Å². The first kappa shape index (κ1) is 14.5. The first-order valence-corrected chi connectivity index (χ1v) is 7.43. The summed E-state index contributed by atoms with van der Waals surface area (Å²) in [5.74, 6) is -0.662. The summed E-state index contributed by atoms with van der Waals surface area (Å²) >= 11 is 3.27. The largest absolute Gasteiger partial charge is 0.339 e. The summed E-state index contributed by atoms with van der Waals surface area (Å²) in [7, 11) is 0. The van der Waals surface area contributed by atoms with E-state index in [1.807, 2.05) is 0 Å². The minimum Gasteiger partial charge on any atom is -0.339 e. The Hall–Kier alpha value is -0.900. The van der Waals surface area contributed by atoms with Gasteiger partial charge in [-0.05, 0) is 52.7 Å². The molecule has 0 radical (unpaired) electrons. The maximum absolute atomic E-state index is 13.8. The number of amides is 1. The van der Waals surface area contributed by atoms with Crippen LogP contribution in [-0.4, -0.2) is 23.9 Å². The van der Waals surface area contributed by atoms with Crippen molar-refractivity contribution in [2.75, 3.05) is 13.1 Å². The van der Waals surface area contributed by atoms with Crippen molar-refractivity contribution in [3.63, 3.8) is 0 Å². The molecule has 1 aromatic carbocycles. The van der Waals surface area contributed by atoms with Crippen molar-refractivity contribution in [1.82, 2.24) is 4.90 Å². The van der Waals surface area contributed by atoms with Crippen LogP contribution < -0.4 is 0 Å². The molecule has 1 heterocycles. The van der Waals surface area contributed by atoms with Gasteiger partial charge in [0.15, 0.2) is 0 Å². The zero-order valence-electron chi connectivity index (χ0n) is 11.4. The molecule has 2 nitrogen and oxygen atoms in total. The number of rotatable bonds is 1. The summed E-state index contributed by atoms with van der Waals surface area (Å²) in [5.41, 5.74) is 0.420. The quantitative estimate of drug-likeness (QED) is 0.755. The number of benzene rings is 1. The molecule has 0 saturated carbocycles. The lowest BCUT2D eigenvalue weighted by Crippen LogP contribution is -2.33.